The van der Waals surface area contributed by atoms with E-state index in [9.17, 15) is 0 Å². The maximum atomic E-state index is 4.51. The van der Waals surface area contributed by atoms with E-state index >= 15 is 0 Å². The highest BCUT2D eigenvalue weighted by molar-refractivity contribution is 5.31. The molecule has 3 nitrogen and oxygen atoms in total. The lowest BCUT2D eigenvalue weighted by Gasteiger charge is -2.23. The third-order valence-electron chi connectivity index (χ3n) is 4.40. The first-order valence-corrected chi connectivity index (χ1v) is 8.10. The van der Waals surface area contributed by atoms with Gasteiger partial charge in [0.2, 0.25) is 0 Å². The molecule has 21 heavy (non-hydrogen) atoms. The van der Waals surface area contributed by atoms with Crippen molar-refractivity contribution in [3.63, 3.8) is 0 Å². The number of aryl methyl sites for hydroxylation is 2. The lowest BCUT2D eigenvalue weighted by atomic mass is 9.91. The standard InChI is InChI=1S/C18H25N3/c1-3-9-19-17-8-4-7-15-11-21(12-16(15)17)13-18-14(2)6-5-10-20-18/h5-6,10-12,17,19H,3-4,7-9,13H2,1-2H3. The van der Waals surface area contributed by atoms with Gasteiger partial charge in [-0.3, -0.25) is 4.98 Å². The van der Waals surface area contributed by atoms with Crippen LogP contribution in [0, 0.1) is 6.92 Å². The van der Waals surface area contributed by atoms with E-state index in [1.165, 1.54) is 48.1 Å². The van der Waals surface area contributed by atoms with Gasteiger partial charge in [-0.2, -0.15) is 0 Å². The first-order chi connectivity index (χ1) is 10.3. The number of rotatable bonds is 5. The van der Waals surface area contributed by atoms with Crippen LogP contribution in [-0.4, -0.2) is 16.1 Å². The van der Waals surface area contributed by atoms with Crippen molar-refractivity contribution in [1.82, 2.24) is 14.9 Å². The molecule has 0 aliphatic heterocycles. The molecule has 1 unspecified atom stereocenters. The number of nitrogens with one attached hydrogen (secondary N) is 1. The van der Waals surface area contributed by atoms with Crippen LogP contribution < -0.4 is 5.32 Å². The first-order valence-electron chi connectivity index (χ1n) is 8.10. The van der Waals surface area contributed by atoms with Gasteiger partial charge in [0, 0.05) is 24.6 Å². The molecular formula is C18H25N3. The highest BCUT2D eigenvalue weighted by Crippen LogP contribution is 2.30. The molecule has 1 atom stereocenters. The van der Waals surface area contributed by atoms with Gasteiger partial charge in [0.25, 0.3) is 0 Å². The van der Waals surface area contributed by atoms with Gasteiger partial charge in [0.05, 0.1) is 12.2 Å². The summed E-state index contributed by atoms with van der Waals surface area (Å²) in [5.41, 5.74) is 5.46. The number of hydrogen-bond acceptors (Lipinski definition) is 2. The van der Waals surface area contributed by atoms with Gasteiger partial charge < -0.3 is 9.88 Å². The highest BCUT2D eigenvalue weighted by Gasteiger charge is 2.21. The zero-order valence-corrected chi connectivity index (χ0v) is 13.1. The molecule has 0 fully saturated rings. The van der Waals surface area contributed by atoms with E-state index in [1.807, 2.05) is 12.3 Å². The van der Waals surface area contributed by atoms with Crippen molar-refractivity contribution < 1.29 is 0 Å². The van der Waals surface area contributed by atoms with Crippen molar-refractivity contribution in [1.29, 1.82) is 0 Å². The number of aromatic nitrogens is 2. The van der Waals surface area contributed by atoms with E-state index in [1.54, 1.807) is 0 Å². The van der Waals surface area contributed by atoms with Gasteiger partial charge in [-0.1, -0.05) is 13.0 Å². The summed E-state index contributed by atoms with van der Waals surface area (Å²) in [4.78, 5) is 4.51. The quantitative estimate of drug-likeness (QED) is 0.908. The molecule has 1 aliphatic rings. The molecule has 0 saturated carbocycles. The second-order valence-electron chi connectivity index (χ2n) is 6.08. The molecule has 2 aromatic heterocycles. The summed E-state index contributed by atoms with van der Waals surface area (Å²) in [5, 5.41) is 3.69. The van der Waals surface area contributed by atoms with Gasteiger partial charge in [-0.05, 0) is 61.9 Å². The SMILES string of the molecule is CCCNC1CCCc2cn(Cc3ncccc3C)cc21. The first kappa shape index (κ1) is 14.3. The molecule has 0 radical (unpaired) electrons. The van der Waals surface area contributed by atoms with Crippen LogP contribution in [0.4, 0.5) is 0 Å². The predicted octanol–water partition coefficient (Wildman–Crippen LogP) is 3.62. The van der Waals surface area contributed by atoms with Crippen LogP contribution in [0.5, 0.6) is 0 Å². The Hall–Kier alpha value is -1.61. The summed E-state index contributed by atoms with van der Waals surface area (Å²) >= 11 is 0. The largest absolute Gasteiger partial charge is 0.348 e. The van der Waals surface area contributed by atoms with Gasteiger partial charge >= 0.3 is 0 Å². The van der Waals surface area contributed by atoms with E-state index in [-0.39, 0.29) is 0 Å². The van der Waals surface area contributed by atoms with Crippen LogP contribution in [0.2, 0.25) is 0 Å². The molecule has 0 aromatic carbocycles. The minimum atomic E-state index is 0.541. The summed E-state index contributed by atoms with van der Waals surface area (Å²) in [6, 6.07) is 4.68. The normalized spacial score (nSPS) is 17.7. The average molecular weight is 283 g/mol. The van der Waals surface area contributed by atoms with E-state index < -0.39 is 0 Å². The van der Waals surface area contributed by atoms with Crippen molar-refractivity contribution in [3.8, 4) is 0 Å². The number of hydrogen-bond donors (Lipinski definition) is 1. The van der Waals surface area contributed by atoms with Gasteiger partial charge in [0.15, 0.2) is 0 Å². The summed E-state index contributed by atoms with van der Waals surface area (Å²) in [6.07, 6.45) is 11.5. The number of fused-ring (bicyclic) bond motifs is 1. The van der Waals surface area contributed by atoms with Crippen molar-refractivity contribution in [2.24, 2.45) is 0 Å². The van der Waals surface area contributed by atoms with Gasteiger partial charge in [-0.25, -0.2) is 0 Å². The van der Waals surface area contributed by atoms with Crippen LogP contribution in [-0.2, 0) is 13.0 Å². The molecule has 0 amide bonds. The Morgan fingerprint density at radius 1 is 1.38 bits per heavy atom. The number of pyridine rings is 1. The number of nitrogens with zero attached hydrogens (tertiary/aromatic N) is 2. The molecule has 3 rings (SSSR count). The Bertz CT molecular complexity index is 600. The van der Waals surface area contributed by atoms with Crippen LogP contribution >= 0.6 is 0 Å². The molecule has 0 spiro atoms. The van der Waals surface area contributed by atoms with Gasteiger partial charge in [0.1, 0.15) is 0 Å². The zero-order valence-electron chi connectivity index (χ0n) is 13.1. The Morgan fingerprint density at radius 3 is 3.10 bits per heavy atom. The monoisotopic (exact) mass is 283 g/mol. The molecule has 1 N–H and O–H groups in total. The van der Waals surface area contributed by atoms with Crippen LogP contribution in [0.15, 0.2) is 30.7 Å². The fourth-order valence-electron chi connectivity index (χ4n) is 3.23. The molecule has 3 heteroatoms. The van der Waals surface area contributed by atoms with Crippen molar-refractivity contribution in [3.05, 3.63) is 53.1 Å². The molecular weight excluding hydrogens is 258 g/mol. The predicted molar refractivity (Wildman–Crippen MR) is 86.5 cm³/mol. The third-order valence-corrected chi connectivity index (χ3v) is 4.40. The van der Waals surface area contributed by atoms with Crippen molar-refractivity contribution >= 4 is 0 Å². The smallest absolute Gasteiger partial charge is 0.0645 e. The summed E-state index contributed by atoms with van der Waals surface area (Å²) in [5.74, 6) is 0. The lowest BCUT2D eigenvalue weighted by Crippen LogP contribution is -2.24. The maximum Gasteiger partial charge on any atom is 0.0645 e. The third kappa shape index (κ3) is 3.18. The average Bonchev–Trinajstić information content (AvgIpc) is 2.90. The summed E-state index contributed by atoms with van der Waals surface area (Å²) < 4.78 is 2.31. The molecule has 2 heterocycles. The topological polar surface area (TPSA) is 29.9 Å². The van der Waals surface area contributed by atoms with Crippen molar-refractivity contribution in [2.75, 3.05) is 6.54 Å². The Morgan fingerprint density at radius 2 is 2.29 bits per heavy atom. The van der Waals surface area contributed by atoms with E-state index in [2.05, 4.69) is 47.2 Å². The van der Waals surface area contributed by atoms with E-state index in [0.29, 0.717) is 6.04 Å². The fourth-order valence-corrected chi connectivity index (χ4v) is 3.23. The molecule has 2 aromatic rings. The highest BCUT2D eigenvalue weighted by atomic mass is 15.0. The lowest BCUT2D eigenvalue weighted by molar-refractivity contribution is 0.462. The summed E-state index contributed by atoms with van der Waals surface area (Å²) in [6.45, 7) is 6.35. The van der Waals surface area contributed by atoms with E-state index in [0.717, 1.165) is 13.1 Å². The molecule has 112 valence electrons. The second kappa shape index (κ2) is 6.44. The van der Waals surface area contributed by atoms with Crippen LogP contribution in [0.1, 0.15) is 54.6 Å². The fraction of sp³-hybridized carbons (Fsp3) is 0.500. The zero-order chi connectivity index (χ0) is 14.7. The van der Waals surface area contributed by atoms with Crippen LogP contribution in [0.25, 0.3) is 0 Å². The second-order valence-corrected chi connectivity index (χ2v) is 6.08. The minimum absolute atomic E-state index is 0.541. The molecule has 0 saturated heterocycles. The van der Waals surface area contributed by atoms with Crippen LogP contribution in [0.3, 0.4) is 0 Å². The van der Waals surface area contributed by atoms with E-state index in [4.69, 9.17) is 0 Å². The molecule has 0 bridgehead atoms. The summed E-state index contributed by atoms with van der Waals surface area (Å²) in [7, 11) is 0. The Kier molecular flexibility index (Phi) is 4.39. The van der Waals surface area contributed by atoms with Crippen molar-refractivity contribution in [2.45, 2.75) is 52.1 Å². The Labute approximate surface area is 127 Å². The maximum absolute atomic E-state index is 4.51. The van der Waals surface area contributed by atoms with Gasteiger partial charge in [-0.15, -0.1) is 0 Å². The minimum Gasteiger partial charge on any atom is -0.348 e. The Balaban J connectivity index is 1.80. The molecule has 1 aliphatic carbocycles.